The molecule has 1 N–H and O–H groups in total. The molecule has 4 unspecified atom stereocenters. The molecule has 0 bridgehead atoms. The first-order valence-corrected chi connectivity index (χ1v) is 8.51. The molecular formula is C17H22O8. The molecular weight excluding hydrogens is 332 g/mol. The molecule has 2 spiro atoms. The Hall–Kier alpha value is -1.67. The van der Waals surface area contributed by atoms with E-state index in [1.54, 1.807) is 6.92 Å². The Morgan fingerprint density at radius 1 is 1.20 bits per heavy atom. The summed E-state index contributed by atoms with van der Waals surface area (Å²) in [6.07, 6.45) is -3.62. The van der Waals surface area contributed by atoms with Gasteiger partial charge in [-0.15, -0.1) is 0 Å². The molecule has 6 atom stereocenters. The Balaban J connectivity index is 2.03. The van der Waals surface area contributed by atoms with Gasteiger partial charge in [0.15, 0.2) is 6.10 Å². The van der Waals surface area contributed by atoms with Crippen molar-refractivity contribution in [3.8, 4) is 0 Å². The summed E-state index contributed by atoms with van der Waals surface area (Å²) in [4.78, 5) is 37.5. The third kappa shape index (κ3) is 1.50. The van der Waals surface area contributed by atoms with Gasteiger partial charge in [0.05, 0.1) is 12.0 Å². The molecule has 4 fully saturated rings. The first-order valence-electron chi connectivity index (χ1n) is 8.51. The fraction of sp³-hybridized carbons (Fsp3) is 0.824. The summed E-state index contributed by atoms with van der Waals surface area (Å²) in [5, 5.41) is 11.8. The van der Waals surface area contributed by atoms with Crippen LogP contribution in [0.3, 0.4) is 0 Å². The number of hydrogen-bond donors (Lipinski definition) is 1. The zero-order chi connectivity index (χ0) is 18.4. The monoisotopic (exact) mass is 354 g/mol. The van der Waals surface area contributed by atoms with E-state index in [4.69, 9.17) is 18.9 Å². The van der Waals surface area contributed by atoms with E-state index in [0.717, 1.165) is 0 Å². The Kier molecular flexibility index (Phi) is 3.04. The van der Waals surface area contributed by atoms with Crippen LogP contribution in [0.25, 0.3) is 0 Å². The largest absolute Gasteiger partial charge is 0.461 e. The van der Waals surface area contributed by atoms with Crippen LogP contribution >= 0.6 is 0 Å². The van der Waals surface area contributed by atoms with Crippen LogP contribution in [-0.4, -0.2) is 53.7 Å². The normalized spacial score (nSPS) is 47.9. The number of carbonyl (C=O) groups is 3. The molecule has 1 saturated carbocycles. The van der Waals surface area contributed by atoms with Gasteiger partial charge < -0.3 is 24.1 Å². The van der Waals surface area contributed by atoms with Crippen LogP contribution in [0.1, 0.15) is 40.5 Å². The van der Waals surface area contributed by atoms with E-state index in [1.165, 1.54) is 0 Å². The molecule has 3 saturated heterocycles. The molecule has 25 heavy (non-hydrogen) atoms. The molecule has 0 aromatic rings. The molecule has 0 aromatic heterocycles. The number of hydrogen-bond acceptors (Lipinski definition) is 8. The van der Waals surface area contributed by atoms with Crippen molar-refractivity contribution < 1.29 is 38.4 Å². The highest BCUT2D eigenvalue weighted by Crippen LogP contribution is 2.75. The quantitative estimate of drug-likeness (QED) is 0.706. The van der Waals surface area contributed by atoms with E-state index in [-0.39, 0.29) is 19.4 Å². The second kappa shape index (κ2) is 4.54. The molecule has 8 nitrogen and oxygen atoms in total. The Morgan fingerprint density at radius 2 is 1.88 bits per heavy atom. The topological polar surface area (TPSA) is 108 Å². The van der Waals surface area contributed by atoms with Gasteiger partial charge in [-0.3, -0.25) is 9.59 Å². The predicted molar refractivity (Wildman–Crippen MR) is 79.8 cm³/mol. The summed E-state index contributed by atoms with van der Waals surface area (Å²) < 4.78 is 21.8. The second-order valence-corrected chi connectivity index (χ2v) is 8.32. The summed E-state index contributed by atoms with van der Waals surface area (Å²) >= 11 is 0. The summed E-state index contributed by atoms with van der Waals surface area (Å²) in [5.74, 6) is -1.92. The Bertz CT molecular complexity index is 681. The lowest BCUT2D eigenvalue weighted by molar-refractivity contribution is -0.229. The smallest absolute Gasteiger partial charge is 0.339 e. The molecule has 0 aromatic carbocycles. The third-order valence-electron chi connectivity index (χ3n) is 6.52. The molecule has 4 rings (SSSR count). The predicted octanol–water partition coefficient (Wildman–Crippen LogP) is 0.300. The summed E-state index contributed by atoms with van der Waals surface area (Å²) in [6, 6.07) is 0. The highest BCUT2D eigenvalue weighted by molar-refractivity contribution is 5.95. The van der Waals surface area contributed by atoms with E-state index >= 15 is 0 Å². The van der Waals surface area contributed by atoms with Crippen molar-refractivity contribution in [3.63, 3.8) is 0 Å². The van der Waals surface area contributed by atoms with Crippen molar-refractivity contribution in [3.05, 3.63) is 0 Å². The fourth-order valence-electron chi connectivity index (χ4n) is 5.49. The summed E-state index contributed by atoms with van der Waals surface area (Å²) in [5.41, 5.74) is -5.34. The Morgan fingerprint density at radius 3 is 2.48 bits per heavy atom. The summed E-state index contributed by atoms with van der Waals surface area (Å²) in [6.45, 7) is 7.32. The molecule has 0 radical (unpaired) electrons. The molecule has 3 heterocycles. The fourth-order valence-corrected chi connectivity index (χ4v) is 5.49. The first-order chi connectivity index (χ1) is 11.6. The minimum absolute atomic E-state index is 0.0219. The zero-order valence-electron chi connectivity index (χ0n) is 14.7. The van der Waals surface area contributed by atoms with E-state index in [1.807, 2.05) is 20.8 Å². The van der Waals surface area contributed by atoms with E-state index in [0.29, 0.717) is 0 Å². The maximum Gasteiger partial charge on any atom is 0.339 e. The lowest BCUT2D eigenvalue weighted by atomic mass is 9.52. The van der Waals surface area contributed by atoms with Crippen molar-refractivity contribution in [2.75, 3.05) is 6.61 Å². The molecule has 4 aliphatic rings. The van der Waals surface area contributed by atoms with Crippen LogP contribution in [0.2, 0.25) is 0 Å². The number of aliphatic hydroxyl groups is 1. The molecule has 3 aliphatic heterocycles. The molecule has 0 amide bonds. The van der Waals surface area contributed by atoms with Crippen LogP contribution in [0.4, 0.5) is 0 Å². The molecule has 8 heteroatoms. The van der Waals surface area contributed by atoms with Crippen LogP contribution in [0, 0.1) is 16.2 Å². The molecule has 1 aliphatic carbocycles. The van der Waals surface area contributed by atoms with Gasteiger partial charge in [0, 0.05) is 13.0 Å². The van der Waals surface area contributed by atoms with Crippen molar-refractivity contribution >= 4 is 17.9 Å². The van der Waals surface area contributed by atoms with Crippen molar-refractivity contribution in [1.29, 1.82) is 0 Å². The maximum absolute atomic E-state index is 12.9. The van der Waals surface area contributed by atoms with Gasteiger partial charge in [-0.25, -0.2) is 4.79 Å². The van der Waals surface area contributed by atoms with Gasteiger partial charge in [-0.1, -0.05) is 20.8 Å². The average Bonchev–Trinajstić information content (AvgIpc) is 3.08. The Labute approximate surface area is 144 Å². The summed E-state index contributed by atoms with van der Waals surface area (Å²) in [7, 11) is 0. The lowest BCUT2D eigenvalue weighted by Crippen LogP contribution is -2.65. The highest BCUT2D eigenvalue weighted by Gasteiger charge is 2.93. The van der Waals surface area contributed by atoms with Crippen LogP contribution in [0.15, 0.2) is 0 Å². The maximum atomic E-state index is 12.9. The standard InChI is InChI=1S/C17H22O8/c1-5-22-10-11(19)24-13-17(10)15(12(20)25-13)7-9(18)23-8(15)6-16(17,21)14(2,3)4/h8,10,13,21H,5-7H2,1-4H3/t8?,10-,13?,15?,16-,17?/m1/s1. The minimum Gasteiger partial charge on any atom is -0.461 e. The van der Waals surface area contributed by atoms with E-state index in [9.17, 15) is 19.5 Å². The van der Waals surface area contributed by atoms with Gasteiger partial charge >= 0.3 is 17.9 Å². The molecule has 138 valence electrons. The first kappa shape index (κ1) is 16.8. The van der Waals surface area contributed by atoms with Gasteiger partial charge in [0.1, 0.15) is 16.9 Å². The number of carbonyl (C=O) groups excluding carboxylic acids is 3. The number of esters is 3. The SMILES string of the molecule is CCO[C@@H]1C(=O)OC2OC(=O)C34CC(=O)OC3C[C@@](O)(C(C)(C)C)C214. The average molecular weight is 354 g/mol. The van der Waals surface area contributed by atoms with Gasteiger partial charge in [0.25, 0.3) is 6.29 Å². The second-order valence-electron chi connectivity index (χ2n) is 8.32. The van der Waals surface area contributed by atoms with Gasteiger partial charge in [0.2, 0.25) is 0 Å². The van der Waals surface area contributed by atoms with Crippen LogP contribution in [-0.2, 0) is 33.3 Å². The third-order valence-corrected chi connectivity index (χ3v) is 6.52. The van der Waals surface area contributed by atoms with E-state index < -0.39 is 58.3 Å². The minimum atomic E-state index is -1.58. The zero-order valence-corrected chi connectivity index (χ0v) is 14.7. The van der Waals surface area contributed by atoms with Crippen LogP contribution < -0.4 is 0 Å². The van der Waals surface area contributed by atoms with Crippen molar-refractivity contribution in [1.82, 2.24) is 0 Å². The van der Waals surface area contributed by atoms with E-state index in [2.05, 4.69) is 0 Å². The number of rotatable bonds is 2. The van der Waals surface area contributed by atoms with Gasteiger partial charge in [-0.2, -0.15) is 0 Å². The highest BCUT2D eigenvalue weighted by atomic mass is 16.7. The van der Waals surface area contributed by atoms with Gasteiger partial charge in [-0.05, 0) is 12.3 Å². The number of ether oxygens (including phenoxy) is 4. The van der Waals surface area contributed by atoms with Crippen LogP contribution in [0.5, 0.6) is 0 Å². The lowest BCUT2D eigenvalue weighted by Gasteiger charge is -2.50. The van der Waals surface area contributed by atoms with Crippen molar-refractivity contribution in [2.45, 2.75) is 64.6 Å². The van der Waals surface area contributed by atoms with Crippen molar-refractivity contribution in [2.24, 2.45) is 16.2 Å².